The molecule has 0 saturated carbocycles. The Morgan fingerprint density at radius 3 is 2.55 bits per heavy atom. The molecular weight excluding hydrogens is 474 g/mol. The quantitative estimate of drug-likeness (QED) is 0.364. The Morgan fingerprint density at radius 1 is 1.00 bits per heavy atom. The van der Waals surface area contributed by atoms with Crippen molar-refractivity contribution in [3.63, 3.8) is 0 Å². The van der Waals surface area contributed by atoms with E-state index in [9.17, 15) is 9.59 Å². The number of thioether (sulfide) groups is 1. The normalized spacial score (nSPS) is 15.0. The zero-order chi connectivity index (χ0) is 21.8. The zero-order valence-electron chi connectivity index (χ0n) is 16.9. The second-order valence-corrected chi connectivity index (χ2v) is 9.09. The number of ether oxygens (including phenoxy) is 1. The highest BCUT2D eigenvalue weighted by Gasteiger charge is 2.35. The number of nitrogens with zero attached hydrogens (tertiary/aromatic N) is 1. The maximum Gasteiger partial charge on any atom is 0.293 e. The average Bonchev–Trinajstić information content (AvgIpc) is 3.02. The van der Waals surface area contributed by atoms with Crippen molar-refractivity contribution < 1.29 is 14.3 Å². The van der Waals surface area contributed by atoms with Gasteiger partial charge in [0, 0.05) is 4.47 Å². The summed E-state index contributed by atoms with van der Waals surface area (Å²) >= 11 is 4.40. The number of aryl methyl sites for hydroxylation is 1. The first-order valence-corrected chi connectivity index (χ1v) is 11.4. The summed E-state index contributed by atoms with van der Waals surface area (Å²) in [7, 11) is 0. The van der Waals surface area contributed by atoms with E-state index in [1.54, 1.807) is 6.08 Å². The molecule has 0 atom stereocenters. The molecule has 0 radical (unpaired) electrons. The Kier molecular flexibility index (Phi) is 6.59. The molecule has 0 spiro atoms. The van der Waals surface area contributed by atoms with Crippen LogP contribution < -0.4 is 4.74 Å². The van der Waals surface area contributed by atoms with Crippen molar-refractivity contribution in [3.8, 4) is 5.75 Å². The van der Waals surface area contributed by atoms with Crippen LogP contribution in [0.4, 0.5) is 4.79 Å². The van der Waals surface area contributed by atoms with Crippen LogP contribution >= 0.6 is 27.7 Å². The molecule has 0 unspecified atom stereocenters. The fourth-order valence-corrected chi connectivity index (χ4v) is 4.29. The predicted molar refractivity (Wildman–Crippen MR) is 128 cm³/mol. The molecule has 0 bridgehead atoms. The lowest BCUT2D eigenvalue weighted by molar-refractivity contribution is -0.123. The van der Waals surface area contributed by atoms with E-state index in [2.05, 4.69) is 15.9 Å². The first-order valence-electron chi connectivity index (χ1n) is 9.77. The van der Waals surface area contributed by atoms with Crippen molar-refractivity contribution >= 4 is 44.9 Å². The van der Waals surface area contributed by atoms with E-state index in [1.807, 2.05) is 79.7 Å². The molecule has 31 heavy (non-hydrogen) atoms. The molecule has 6 heteroatoms. The molecule has 0 aromatic heterocycles. The van der Waals surface area contributed by atoms with E-state index in [0.29, 0.717) is 17.3 Å². The minimum Gasteiger partial charge on any atom is -0.489 e. The number of benzene rings is 3. The highest BCUT2D eigenvalue weighted by atomic mass is 79.9. The molecule has 3 aromatic rings. The van der Waals surface area contributed by atoms with Crippen LogP contribution in [0.5, 0.6) is 5.75 Å². The van der Waals surface area contributed by atoms with E-state index in [-0.39, 0.29) is 17.7 Å². The summed E-state index contributed by atoms with van der Waals surface area (Å²) in [5.41, 5.74) is 3.90. The summed E-state index contributed by atoms with van der Waals surface area (Å²) in [5, 5.41) is -0.248. The molecular formula is C25H20BrNO3S. The molecule has 0 N–H and O–H groups in total. The average molecular weight is 494 g/mol. The zero-order valence-corrected chi connectivity index (χ0v) is 19.3. The van der Waals surface area contributed by atoms with Crippen molar-refractivity contribution in [1.82, 2.24) is 4.90 Å². The number of carbonyl (C=O) groups excluding carboxylic acids is 2. The van der Waals surface area contributed by atoms with Gasteiger partial charge in [-0.05, 0) is 71.3 Å². The number of halogens is 1. The molecule has 4 rings (SSSR count). The Balaban J connectivity index is 1.46. The second-order valence-electron chi connectivity index (χ2n) is 7.18. The van der Waals surface area contributed by atoms with E-state index in [4.69, 9.17) is 4.74 Å². The van der Waals surface area contributed by atoms with Gasteiger partial charge >= 0.3 is 0 Å². The van der Waals surface area contributed by atoms with E-state index in [0.717, 1.165) is 38.5 Å². The topological polar surface area (TPSA) is 46.6 Å². The summed E-state index contributed by atoms with van der Waals surface area (Å²) in [6, 6.07) is 23.2. The Hall–Kier alpha value is -2.83. The monoisotopic (exact) mass is 493 g/mol. The van der Waals surface area contributed by atoms with Crippen molar-refractivity contribution in [2.45, 2.75) is 20.1 Å². The summed E-state index contributed by atoms with van der Waals surface area (Å²) in [4.78, 5) is 27.0. The minimum atomic E-state index is -0.264. The lowest BCUT2D eigenvalue weighted by Gasteiger charge is -2.14. The summed E-state index contributed by atoms with van der Waals surface area (Å²) in [6.07, 6.45) is 1.75. The van der Waals surface area contributed by atoms with Crippen LogP contribution in [0.25, 0.3) is 6.08 Å². The molecule has 156 valence electrons. The molecule has 1 saturated heterocycles. The van der Waals surface area contributed by atoms with Gasteiger partial charge in [0.25, 0.3) is 11.1 Å². The molecule has 2 amide bonds. The minimum absolute atomic E-state index is 0.248. The van der Waals surface area contributed by atoms with Gasteiger partial charge in [0.1, 0.15) is 12.4 Å². The fraction of sp³-hybridized carbons (Fsp3) is 0.120. The predicted octanol–water partition coefficient (Wildman–Crippen LogP) is 6.57. The molecule has 3 aromatic carbocycles. The Labute approximate surface area is 194 Å². The van der Waals surface area contributed by atoms with Gasteiger partial charge in [-0.15, -0.1) is 0 Å². The van der Waals surface area contributed by atoms with Crippen molar-refractivity contribution in [1.29, 1.82) is 0 Å². The fourth-order valence-electron chi connectivity index (χ4n) is 3.19. The van der Waals surface area contributed by atoms with Crippen LogP contribution in [0, 0.1) is 6.92 Å². The van der Waals surface area contributed by atoms with Crippen LogP contribution in [0.2, 0.25) is 0 Å². The lowest BCUT2D eigenvalue weighted by Crippen LogP contribution is -2.27. The summed E-state index contributed by atoms with van der Waals surface area (Å²) in [5.74, 6) is 0.440. The Bertz CT molecular complexity index is 1160. The highest BCUT2D eigenvalue weighted by molar-refractivity contribution is 9.10. The van der Waals surface area contributed by atoms with Gasteiger partial charge in [-0.2, -0.15) is 0 Å². The maximum absolute atomic E-state index is 12.8. The molecule has 1 aliphatic rings. The van der Waals surface area contributed by atoms with Crippen molar-refractivity contribution in [2.24, 2.45) is 0 Å². The third-order valence-corrected chi connectivity index (χ3v) is 6.37. The standard InChI is InChI=1S/C25H20BrNO3S/c1-17-5-2-3-7-20(17)15-27-24(28)23(31-25(27)29)14-19-6-4-8-22(13-19)30-16-18-9-11-21(26)12-10-18/h2-14H,15-16H2,1H3/b23-14-. The van der Waals surface area contributed by atoms with Gasteiger partial charge in [-0.1, -0.05) is 64.5 Å². The van der Waals surface area contributed by atoms with Gasteiger partial charge in [0.15, 0.2) is 0 Å². The molecule has 1 aliphatic heterocycles. The highest BCUT2D eigenvalue weighted by Crippen LogP contribution is 2.34. The van der Waals surface area contributed by atoms with Crippen LogP contribution in [0.15, 0.2) is 82.2 Å². The molecule has 1 fully saturated rings. The third kappa shape index (κ3) is 5.27. The number of carbonyl (C=O) groups is 2. The number of amides is 2. The lowest BCUT2D eigenvalue weighted by atomic mass is 10.1. The van der Waals surface area contributed by atoms with Gasteiger partial charge in [0.2, 0.25) is 0 Å². The molecule has 1 heterocycles. The summed E-state index contributed by atoms with van der Waals surface area (Å²) in [6.45, 7) is 2.71. The first kappa shape index (κ1) is 21.4. The number of hydrogen-bond acceptors (Lipinski definition) is 4. The van der Waals surface area contributed by atoms with E-state index >= 15 is 0 Å². The second kappa shape index (κ2) is 9.54. The van der Waals surface area contributed by atoms with Crippen LogP contribution in [-0.2, 0) is 17.9 Å². The first-order chi connectivity index (χ1) is 15.0. The number of hydrogen-bond donors (Lipinski definition) is 0. The van der Waals surface area contributed by atoms with E-state index in [1.165, 1.54) is 4.90 Å². The maximum atomic E-state index is 12.8. The van der Waals surface area contributed by atoms with Crippen molar-refractivity contribution in [3.05, 3.63) is 104 Å². The third-order valence-electron chi connectivity index (χ3n) is 4.94. The number of rotatable bonds is 6. The van der Waals surface area contributed by atoms with Crippen LogP contribution in [-0.4, -0.2) is 16.0 Å². The van der Waals surface area contributed by atoms with Crippen molar-refractivity contribution in [2.75, 3.05) is 0 Å². The Morgan fingerprint density at radius 2 is 1.77 bits per heavy atom. The summed E-state index contributed by atoms with van der Waals surface area (Å²) < 4.78 is 6.91. The molecule has 0 aliphatic carbocycles. The van der Waals surface area contributed by atoms with Gasteiger partial charge in [-0.3, -0.25) is 14.5 Å². The SMILES string of the molecule is Cc1ccccc1CN1C(=O)S/C(=C\c2cccc(OCc3ccc(Br)cc3)c2)C1=O. The van der Waals surface area contributed by atoms with Crippen LogP contribution in [0.3, 0.4) is 0 Å². The van der Waals surface area contributed by atoms with Gasteiger partial charge in [-0.25, -0.2) is 0 Å². The molecule has 4 nitrogen and oxygen atoms in total. The van der Waals surface area contributed by atoms with Gasteiger partial charge < -0.3 is 4.74 Å². The number of imide groups is 1. The largest absolute Gasteiger partial charge is 0.489 e. The van der Waals surface area contributed by atoms with Gasteiger partial charge in [0.05, 0.1) is 11.4 Å². The van der Waals surface area contributed by atoms with E-state index < -0.39 is 0 Å². The van der Waals surface area contributed by atoms with Crippen LogP contribution in [0.1, 0.15) is 22.3 Å². The smallest absolute Gasteiger partial charge is 0.293 e.